The Kier molecular flexibility index (Phi) is 9.25. The normalized spacial score (nSPS) is 19.0. The van der Waals surface area contributed by atoms with Crippen molar-refractivity contribution in [3.63, 3.8) is 0 Å². The molecule has 2 aromatic carbocycles. The van der Waals surface area contributed by atoms with Crippen molar-refractivity contribution in [1.82, 2.24) is 20.4 Å². The van der Waals surface area contributed by atoms with Crippen LogP contribution in [0.25, 0.3) is 0 Å². The lowest BCUT2D eigenvalue weighted by Crippen LogP contribution is -2.54. The van der Waals surface area contributed by atoms with Crippen molar-refractivity contribution in [3.8, 4) is 0 Å². The van der Waals surface area contributed by atoms with E-state index in [-0.39, 0.29) is 24.9 Å². The zero-order valence-electron chi connectivity index (χ0n) is 22.3. The maximum Gasteiger partial charge on any atom is 0.395 e. The van der Waals surface area contributed by atoms with E-state index in [4.69, 9.17) is 0 Å². The lowest BCUT2D eigenvalue weighted by atomic mass is 10.00. The van der Waals surface area contributed by atoms with Gasteiger partial charge < -0.3 is 20.4 Å². The lowest BCUT2D eigenvalue weighted by Gasteiger charge is -2.43. The second-order valence-corrected chi connectivity index (χ2v) is 10.5. The van der Waals surface area contributed by atoms with Crippen LogP contribution >= 0.6 is 0 Å². The van der Waals surface area contributed by atoms with Gasteiger partial charge in [0.2, 0.25) is 0 Å². The first kappa shape index (κ1) is 28.6. The quantitative estimate of drug-likeness (QED) is 0.335. The average molecular weight is 543 g/mol. The number of nitrogens with zero attached hydrogens (tertiary/aromatic N) is 2. The molecular weight excluding hydrogens is 504 g/mol. The molecule has 3 fully saturated rings. The first-order valence-corrected chi connectivity index (χ1v) is 13.5. The Hall–Kier alpha value is -3.42. The molecule has 1 unspecified atom stereocenters. The van der Waals surface area contributed by atoms with Gasteiger partial charge in [-0.05, 0) is 48.8 Å². The van der Waals surface area contributed by atoms with Crippen LogP contribution in [0, 0.1) is 11.7 Å². The van der Waals surface area contributed by atoms with Crippen LogP contribution in [0.1, 0.15) is 42.7 Å². The Bertz CT molecular complexity index is 1140. The highest BCUT2D eigenvalue weighted by Gasteiger charge is 2.47. The molecule has 3 aliphatic rings. The third-order valence-electron chi connectivity index (χ3n) is 7.57. The van der Waals surface area contributed by atoms with E-state index in [0.717, 1.165) is 42.9 Å². The smallest absolute Gasteiger partial charge is 0.383 e. The van der Waals surface area contributed by atoms with Gasteiger partial charge in [-0.3, -0.25) is 0 Å². The van der Waals surface area contributed by atoms with Crippen molar-refractivity contribution < 1.29 is 17.6 Å². The predicted octanol–water partition coefficient (Wildman–Crippen LogP) is 6.53. The molecule has 0 aromatic heterocycles. The Morgan fingerprint density at radius 1 is 0.897 bits per heavy atom. The van der Waals surface area contributed by atoms with Gasteiger partial charge in [-0.25, -0.2) is 4.39 Å². The molecule has 2 aliphatic heterocycles. The molecule has 0 amide bonds. The van der Waals surface area contributed by atoms with Gasteiger partial charge in [-0.2, -0.15) is 13.2 Å². The van der Waals surface area contributed by atoms with E-state index in [0.29, 0.717) is 18.3 Å². The molecule has 2 saturated heterocycles. The number of likely N-dealkylation sites (tertiary alicyclic amines) is 2. The molecule has 1 saturated carbocycles. The van der Waals surface area contributed by atoms with E-state index in [1.807, 2.05) is 30.3 Å². The fourth-order valence-electron chi connectivity index (χ4n) is 4.96. The minimum atomic E-state index is -4.13. The van der Waals surface area contributed by atoms with Gasteiger partial charge in [0.15, 0.2) is 0 Å². The van der Waals surface area contributed by atoms with Crippen molar-refractivity contribution >= 4 is 0 Å². The molecule has 210 valence electrons. The van der Waals surface area contributed by atoms with Crippen molar-refractivity contribution in [2.24, 2.45) is 5.92 Å². The first-order valence-electron chi connectivity index (χ1n) is 13.5. The Balaban J connectivity index is 0.000000292. The topological polar surface area (TPSA) is 30.5 Å². The van der Waals surface area contributed by atoms with Crippen LogP contribution in [0.15, 0.2) is 91.5 Å². The molecule has 2 aromatic rings. The lowest BCUT2D eigenvalue weighted by molar-refractivity contribution is -0.205. The molecule has 2 N–H and O–H groups in total. The number of nitrogens with one attached hydrogen (secondary N) is 2. The zero-order chi connectivity index (χ0) is 28.0. The van der Waals surface area contributed by atoms with Gasteiger partial charge in [-0.1, -0.05) is 68.3 Å². The van der Waals surface area contributed by atoms with Crippen molar-refractivity contribution in [1.29, 1.82) is 0 Å². The standard InChI is InChI=1S/C22H29F3N4.C9H9F/c1-16(12-27-18(3)28-14-20(15-28)22(23,24)25)29-11-7-10-21(29)17(2)26-13-19-8-5-4-6-9-19;10-9-4-2-1-3-8(9)7-5-6-7/h4-6,8-9,20-21,26-27H,1-3,7,10-15H2;1-4,7H,5-6H2. The summed E-state index contributed by atoms with van der Waals surface area (Å²) >= 11 is 0. The molecule has 0 radical (unpaired) electrons. The minimum Gasteiger partial charge on any atom is -0.383 e. The fourth-order valence-corrected chi connectivity index (χ4v) is 4.96. The summed E-state index contributed by atoms with van der Waals surface area (Å²) < 4.78 is 50.8. The van der Waals surface area contributed by atoms with Gasteiger partial charge in [-0.15, -0.1) is 0 Å². The van der Waals surface area contributed by atoms with Crippen LogP contribution in [0.5, 0.6) is 0 Å². The van der Waals surface area contributed by atoms with Crippen LogP contribution in [0.4, 0.5) is 17.6 Å². The van der Waals surface area contributed by atoms with E-state index < -0.39 is 12.1 Å². The Labute approximate surface area is 229 Å². The summed E-state index contributed by atoms with van der Waals surface area (Å²) in [6.45, 7) is 14.3. The van der Waals surface area contributed by atoms with E-state index in [1.165, 1.54) is 24.5 Å². The molecule has 2 heterocycles. The molecule has 4 nitrogen and oxygen atoms in total. The van der Waals surface area contributed by atoms with Gasteiger partial charge in [0, 0.05) is 37.6 Å². The van der Waals surface area contributed by atoms with Crippen LogP contribution in [0.2, 0.25) is 0 Å². The molecule has 5 rings (SSSR count). The van der Waals surface area contributed by atoms with Crippen molar-refractivity contribution in [2.75, 3.05) is 26.2 Å². The summed E-state index contributed by atoms with van der Waals surface area (Å²) in [5, 5.41) is 6.54. The van der Waals surface area contributed by atoms with Gasteiger partial charge >= 0.3 is 6.18 Å². The van der Waals surface area contributed by atoms with Crippen LogP contribution in [-0.4, -0.2) is 48.2 Å². The van der Waals surface area contributed by atoms with E-state index in [2.05, 4.69) is 47.4 Å². The number of halogens is 4. The van der Waals surface area contributed by atoms with E-state index in [9.17, 15) is 17.6 Å². The maximum absolute atomic E-state index is 12.9. The molecule has 0 bridgehead atoms. The number of benzene rings is 2. The molecule has 0 spiro atoms. The monoisotopic (exact) mass is 542 g/mol. The number of hydrogen-bond acceptors (Lipinski definition) is 4. The largest absolute Gasteiger partial charge is 0.395 e. The minimum absolute atomic E-state index is 0.0334. The second-order valence-electron chi connectivity index (χ2n) is 10.5. The molecule has 1 atom stereocenters. The van der Waals surface area contributed by atoms with Gasteiger partial charge in [0.05, 0.1) is 24.3 Å². The highest BCUT2D eigenvalue weighted by molar-refractivity contribution is 5.25. The molecule has 1 aliphatic carbocycles. The third-order valence-corrected chi connectivity index (χ3v) is 7.57. The maximum atomic E-state index is 12.9. The zero-order valence-corrected chi connectivity index (χ0v) is 22.3. The summed E-state index contributed by atoms with van der Waals surface area (Å²) in [4.78, 5) is 3.84. The first-order chi connectivity index (χ1) is 18.6. The highest BCUT2D eigenvalue weighted by atomic mass is 19.4. The summed E-state index contributed by atoms with van der Waals surface area (Å²) in [6, 6.07) is 17.4. The SMILES string of the molecule is C=C(NCc1ccccc1)C1CCCN1C(=C)CNC(=C)N1CC(C(F)(F)F)C1.Fc1ccccc1C1CC1. The summed E-state index contributed by atoms with van der Waals surface area (Å²) in [6.07, 6.45) is 0.258. The van der Waals surface area contributed by atoms with Crippen LogP contribution < -0.4 is 10.6 Å². The Morgan fingerprint density at radius 2 is 1.56 bits per heavy atom. The molecule has 39 heavy (non-hydrogen) atoms. The summed E-state index contributed by atoms with van der Waals surface area (Å²) in [5.74, 6) is -0.249. The molecular formula is C31H38F4N4. The van der Waals surface area contributed by atoms with Crippen molar-refractivity contribution in [3.05, 3.63) is 108 Å². The number of rotatable bonds is 10. The second kappa shape index (κ2) is 12.6. The summed E-state index contributed by atoms with van der Waals surface area (Å²) in [7, 11) is 0. The van der Waals surface area contributed by atoms with E-state index in [1.54, 1.807) is 11.0 Å². The number of hydrogen-bond donors (Lipinski definition) is 2. The van der Waals surface area contributed by atoms with Gasteiger partial charge in [0.1, 0.15) is 5.82 Å². The van der Waals surface area contributed by atoms with Crippen molar-refractivity contribution in [2.45, 2.75) is 50.4 Å². The third kappa shape index (κ3) is 7.80. The fraction of sp³-hybridized carbons (Fsp3) is 0.419. The van der Waals surface area contributed by atoms with E-state index >= 15 is 0 Å². The number of alkyl halides is 3. The van der Waals surface area contributed by atoms with Crippen LogP contribution in [-0.2, 0) is 6.54 Å². The predicted molar refractivity (Wildman–Crippen MR) is 148 cm³/mol. The summed E-state index contributed by atoms with van der Waals surface area (Å²) in [5.41, 5.74) is 3.95. The highest BCUT2D eigenvalue weighted by Crippen LogP contribution is 2.41. The average Bonchev–Trinajstić information content (AvgIpc) is 3.60. The Morgan fingerprint density at radius 3 is 2.21 bits per heavy atom. The molecule has 8 heteroatoms. The van der Waals surface area contributed by atoms with Gasteiger partial charge in [0.25, 0.3) is 0 Å². The van der Waals surface area contributed by atoms with Crippen LogP contribution in [0.3, 0.4) is 0 Å².